The molecule has 1 aromatic rings. The van der Waals surface area contributed by atoms with Crippen LogP contribution in [0.5, 0.6) is 17.2 Å². The van der Waals surface area contributed by atoms with Crippen molar-refractivity contribution >= 4 is 29.1 Å². The second kappa shape index (κ2) is 5.61. The van der Waals surface area contributed by atoms with Gasteiger partial charge in [-0.3, -0.25) is 4.79 Å². The van der Waals surface area contributed by atoms with Gasteiger partial charge in [-0.15, -0.1) is 5.10 Å². The van der Waals surface area contributed by atoms with Crippen molar-refractivity contribution in [2.45, 2.75) is 0 Å². The molecule has 0 bridgehead atoms. The summed E-state index contributed by atoms with van der Waals surface area (Å²) in [5.41, 5.74) is 0.341. The molecule has 1 aliphatic rings. The number of nitrogens with one attached hydrogen (secondary N) is 1. The number of aromatic hydroxyl groups is 2. The Morgan fingerprint density at radius 1 is 1.42 bits per heavy atom. The first-order valence-electron chi connectivity index (χ1n) is 5.24. The van der Waals surface area contributed by atoms with Crippen molar-refractivity contribution in [1.29, 1.82) is 0 Å². The minimum Gasteiger partial charge on any atom is -0.507 e. The van der Waals surface area contributed by atoms with Crippen LogP contribution >= 0.6 is 11.8 Å². The second-order valence-corrected chi connectivity index (χ2v) is 4.53. The smallest absolute Gasteiger partial charge is 0.236 e. The van der Waals surface area contributed by atoms with Crippen LogP contribution in [0.15, 0.2) is 22.3 Å². The van der Waals surface area contributed by atoms with Gasteiger partial charge in [-0.1, -0.05) is 11.8 Å². The van der Waals surface area contributed by atoms with Gasteiger partial charge in [0, 0.05) is 11.6 Å². The molecule has 0 spiro atoms. The molecule has 3 N–H and O–H groups in total. The third-order valence-corrected chi connectivity index (χ3v) is 3.12. The van der Waals surface area contributed by atoms with Crippen LogP contribution in [-0.2, 0) is 4.79 Å². The molecule has 0 radical (unpaired) electrons. The van der Waals surface area contributed by atoms with Gasteiger partial charge in [0.2, 0.25) is 5.91 Å². The van der Waals surface area contributed by atoms with Crippen molar-refractivity contribution < 1.29 is 19.7 Å². The minimum absolute atomic E-state index is 0.118. The normalized spacial score (nSPS) is 17.1. The molecule has 1 aromatic carbocycles. The Labute approximate surface area is 113 Å². The van der Waals surface area contributed by atoms with Crippen molar-refractivity contribution in [3.63, 3.8) is 0 Å². The molecular weight excluding hydrogens is 270 g/mol. The summed E-state index contributed by atoms with van der Waals surface area (Å²) in [4.78, 5) is 10.9. The molecule has 0 saturated carbocycles. The number of hydrogen-bond acceptors (Lipinski definition) is 7. The maximum Gasteiger partial charge on any atom is 0.236 e. The molecule has 1 saturated heterocycles. The first kappa shape index (κ1) is 13.2. The maximum absolute atomic E-state index is 10.9. The monoisotopic (exact) mass is 281 g/mol. The lowest BCUT2D eigenvalue weighted by Crippen LogP contribution is -2.19. The molecular formula is C11H11N3O4S. The summed E-state index contributed by atoms with van der Waals surface area (Å²) in [5, 5.41) is 29.5. The number of phenols is 2. The van der Waals surface area contributed by atoms with E-state index in [2.05, 4.69) is 15.5 Å². The largest absolute Gasteiger partial charge is 0.507 e. The topological polar surface area (TPSA) is 104 Å². The van der Waals surface area contributed by atoms with E-state index in [-0.39, 0.29) is 23.2 Å². The third kappa shape index (κ3) is 3.16. The first-order valence-corrected chi connectivity index (χ1v) is 6.22. The number of amidine groups is 1. The lowest BCUT2D eigenvalue weighted by atomic mass is 10.2. The van der Waals surface area contributed by atoms with E-state index in [1.54, 1.807) is 0 Å². The molecule has 0 aliphatic carbocycles. The number of carbonyl (C=O) groups excluding carboxylic acids is 1. The van der Waals surface area contributed by atoms with E-state index in [4.69, 9.17) is 4.74 Å². The van der Waals surface area contributed by atoms with Gasteiger partial charge in [0.05, 0.1) is 19.1 Å². The summed E-state index contributed by atoms with van der Waals surface area (Å²) in [6.45, 7) is 0. The van der Waals surface area contributed by atoms with Crippen LogP contribution in [-0.4, -0.2) is 40.4 Å². The number of hydrogen-bond donors (Lipinski definition) is 3. The highest BCUT2D eigenvalue weighted by atomic mass is 32.2. The Morgan fingerprint density at radius 2 is 2.21 bits per heavy atom. The average Bonchev–Trinajstić information content (AvgIpc) is 2.78. The van der Waals surface area contributed by atoms with E-state index in [1.165, 1.54) is 31.2 Å². The summed E-state index contributed by atoms with van der Waals surface area (Å²) in [5.74, 6) is 0.114. The molecule has 8 heteroatoms. The Kier molecular flexibility index (Phi) is 3.91. The zero-order valence-corrected chi connectivity index (χ0v) is 10.8. The number of phenolic OH excluding ortho intramolecular Hbond substituents is 2. The first-order chi connectivity index (χ1) is 9.10. The molecule has 0 unspecified atom stereocenters. The molecule has 19 heavy (non-hydrogen) atoms. The Hall–Kier alpha value is -2.22. The van der Waals surface area contributed by atoms with Crippen molar-refractivity contribution in [3.8, 4) is 17.2 Å². The number of methoxy groups -OCH3 is 1. The lowest BCUT2D eigenvalue weighted by Gasteiger charge is -2.05. The predicted molar refractivity (Wildman–Crippen MR) is 72.0 cm³/mol. The van der Waals surface area contributed by atoms with E-state index in [9.17, 15) is 15.0 Å². The summed E-state index contributed by atoms with van der Waals surface area (Å²) in [7, 11) is 1.40. The highest BCUT2D eigenvalue weighted by Gasteiger charge is 2.16. The van der Waals surface area contributed by atoms with Gasteiger partial charge in [-0.2, -0.15) is 5.10 Å². The fourth-order valence-electron chi connectivity index (χ4n) is 1.36. The Balaban J connectivity index is 2.17. The van der Waals surface area contributed by atoms with Crippen LogP contribution in [0.25, 0.3) is 0 Å². The van der Waals surface area contributed by atoms with Gasteiger partial charge in [-0.25, -0.2) is 0 Å². The van der Waals surface area contributed by atoms with Crippen LogP contribution in [0.2, 0.25) is 0 Å². The summed E-state index contributed by atoms with van der Waals surface area (Å²) in [6, 6.07) is 2.58. The highest BCUT2D eigenvalue weighted by Crippen LogP contribution is 2.32. The molecule has 1 aliphatic heterocycles. The number of ether oxygens (including phenoxy) is 1. The van der Waals surface area contributed by atoms with E-state index < -0.39 is 0 Å². The quantitative estimate of drug-likeness (QED) is 0.558. The van der Waals surface area contributed by atoms with E-state index in [1.807, 2.05) is 0 Å². The predicted octanol–water partition coefficient (Wildman–Crippen LogP) is 0.659. The molecule has 2 rings (SSSR count). The van der Waals surface area contributed by atoms with Crippen molar-refractivity contribution in [2.75, 3.05) is 12.9 Å². The Morgan fingerprint density at radius 3 is 2.84 bits per heavy atom. The SMILES string of the molecule is COc1cc(C=NN=C2NC(=O)CS2)c(O)cc1O. The van der Waals surface area contributed by atoms with Crippen LogP contribution < -0.4 is 10.1 Å². The van der Waals surface area contributed by atoms with Crippen LogP contribution in [0.1, 0.15) is 5.56 Å². The Bertz CT molecular complexity index is 571. The number of thioether (sulfide) groups is 1. The van der Waals surface area contributed by atoms with E-state index in [0.717, 1.165) is 6.07 Å². The van der Waals surface area contributed by atoms with Gasteiger partial charge in [-0.05, 0) is 6.07 Å². The van der Waals surface area contributed by atoms with Crippen LogP contribution in [0.3, 0.4) is 0 Å². The van der Waals surface area contributed by atoms with E-state index >= 15 is 0 Å². The third-order valence-electron chi connectivity index (χ3n) is 2.26. The molecule has 0 atom stereocenters. The standard InChI is InChI=1S/C11H11N3O4S/c1-18-9-2-6(7(15)3-8(9)16)4-12-14-11-13-10(17)5-19-11/h2-4,15-16H,5H2,1H3,(H,13,14,17). The van der Waals surface area contributed by atoms with Crippen molar-refractivity contribution in [3.05, 3.63) is 17.7 Å². The molecule has 0 aromatic heterocycles. The summed E-state index contributed by atoms with van der Waals surface area (Å²) < 4.78 is 4.91. The van der Waals surface area contributed by atoms with Gasteiger partial charge in [0.1, 0.15) is 5.75 Å². The average molecular weight is 281 g/mol. The number of rotatable bonds is 3. The molecule has 1 amide bonds. The van der Waals surface area contributed by atoms with Crippen LogP contribution in [0.4, 0.5) is 0 Å². The second-order valence-electron chi connectivity index (χ2n) is 3.57. The summed E-state index contributed by atoms with van der Waals surface area (Å²) in [6.07, 6.45) is 1.30. The van der Waals surface area contributed by atoms with Crippen LogP contribution in [0, 0.1) is 0 Å². The lowest BCUT2D eigenvalue weighted by molar-refractivity contribution is -0.116. The van der Waals surface area contributed by atoms with Crippen molar-refractivity contribution in [1.82, 2.24) is 5.32 Å². The van der Waals surface area contributed by atoms with Crippen molar-refractivity contribution in [2.24, 2.45) is 10.2 Å². The zero-order chi connectivity index (χ0) is 13.8. The highest BCUT2D eigenvalue weighted by molar-refractivity contribution is 8.15. The zero-order valence-electron chi connectivity index (χ0n) is 9.95. The number of carbonyl (C=O) groups is 1. The van der Waals surface area contributed by atoms with E-state index in [0.29, 0.717) is 16.5 Å². The molecule has 1 fully saturated rings. The summed E-state index contributed by atoms with van der Waals surface area (Å²) >= 11 is 1.25. The number of benzene rings is 1. The molecule has 7 nitrogen and oxygen atoms in total. The number of amides is 1. The van der Waals surface area contributed by atoms with Gasteiger partial charge >= 0.3 is 0 Å². The van der Waals surface area contributed by atoms with Gasteiger partial charge in [0.15, 0.2) is 16.7 Å². The van der Waals surface area contributed by atoms with Gasteiger partial charge in [0.25, 0.3) is 0 Å². The van der Waals surface area contributed by atoms with Gasteiger partial charge < -0.3 is 20.3 Å². The molecule has 100 valence electrons. The molecule has 1 heterocycles. The maximum atomic E-state index is 10.9. The number of nitrogens with zero attached hydrogens (tertiary/aromatic N) is 2. The fraction of sp³-hybridized carbons (Fsp3) is 0.182. The fourth-order valence-corrected chi connectivity index (χ4v) is 1.99. The minimum atomic E-state index is -0.165.